The summed E-state index contributed by atoms with van der Waals surface area (Å²) in [6.07, 6.45) is 2.19. The Morgan fingerprint density at radius 2 is 1.95 bits per heavy atom. The van der Waals surface area contributed by atoms with E-state index < -0.39 is 0 Å². The first-order chi connectivity index (χ1) is 10.8. The number of nitrogens with zero attached hydrogens (tertiary/aromatic N) is 1. The van der Waals surface area contributed by atoms with Crippen molar-refractivity contribution in [2.24, 2.45) is 5.92 Å². The highest BCUT2D eigenvalue weighted by atomic mass is 16.7. The fraction of sp³-hybridized carbons (Fsp3) is 0.667. The number of likely N-dealkylation sites (tertiary alicyclic amines) is 1. The van der Waals surface area contributed by atoms with Crippen LogP contribution in [0, 0.1) is 5.92 Å². The fourth-order valence-electron chi connectivity index (χ4n) is 3.48. The van der Waals surface area contributed by atoms with E-state index in [9.17, 15) is 0 Å². The van der Waals surface area contributed by atoms with E-state index >= 15 is 0 Å². The second kappa shape index (κ2) is 8.06. The zero-order valence-corrected chi connectivity index (χ0v) is 13.5. The molecule has 122 valence electrons. The summed E-state index contributed by atoms with van der Waals surface area (Å²) in [5, 5.41) is 3.70. The van der Waals surface area contributed by atoms with E-state index in [2.05, 4.69) is 47.5 Å². The van der Waals surface area contributed by atoms with Gasteiger partial charge < -0.3 is 14.8 Å². The van der Waals surface area contributed by atoms with Crippen LogP contribution in [0.2, 0.25) is 0 Å². The lowest BCUT2D eigenvalue weighted by Gasteiger charge is -2.37. The average molecular weight is 304 g/mol. The van der Waals surface area contributed by atoms with Crippen molar-refractivity contribution in [3.05, 3.63) is 35.9 Å². The molecule has 2 saturated heterocycles. The molecule has 2 aliphatic heterocycles. The summed E-state index contributed by atoms with van der Waals surface area (Å²) >= 11 is 0. The quantitative estimate of drug-likeness (QED) is 0.874. The Morgan fingerprint density at radius 1 is 1.18 bits per heavy atom. The number of nitrogens with one attached hydrogen (secondary N) is 1. The third-order valence-electron chi connectivity index (χ3n) is 4.72. The van der Waals surface area contributed by atoms with Crippen molar-refractivity contribution in [1.82, 2.24) is 10.2 Å². The van der Waals surface area contributed by atoms with Gasteiger partial charge in [-0.05, 0) is 24.4 Å². The highest BCUT2D eigenvalue weighted by Crippen LogP contribution is 2.19. The van der Waals surface area contributed by atoms with Gasteiger partial charge in [0, 0.05) is 32.1 Å². The van der Waals surface area contributed by atoms with Gasteiger partial charge >= 0.3 is 0 Å². The predicted octanol–water partition coefficient (Wildman–Crippen LogP) is 2.25. The van der Waals surface area contributed by atoms with Crippen LogP contribution < -0.4 is 5.32 Å². The van der Waals surface area contributed by atoms with Gasteiger partial charge in [0.2, 0.25) is 0 Å². The van der Waals surface area contributed by atoms with Crippen molar-refractivity contribution in [3.8, 4) is 0 Å². The number of hydrogen-bond donors (Lipinski definition) is 1. The van der Waals surface area contributed by atoms with Crippen molar-refractivity contribution in [3.63, 3.8) is 0 Å². The highest BCUT2D eigenvalue weighted by molar-refractivity contribution is 5.14. The van der Waals surface area contributed by atoms with E-state index in [1.165, 1.54) is 25.1 Å². The van der Waals surface area contributed by atoms with Crippen molar-refractivity contribution in [2.45, 2.75) is 38.6 Å². The molecule has 2 atom stereocenters. The van der Waals surface area contributed by atoms with Crippen LogP contribution >= 0.6 is 0 Å². The van der Waals surface area contributed by atoms with Gasteiger partial charge in [0.25, 0.3) is 0 Å². The smallest absolute Gasteiger partial charge is 0.159 e. The summed E-state index contributed by atoms with van der Waals surface area (Å²) in [4.78, 5) is 2.57. The first-order valence-corrected chi connectivity index (χ1v) is 8.54. The maximum atomic E-state index is 5.48. The lowest BCUT2D eigenvalue weighted by atomic mass is 9.93. The molecule has 4 heteroatoms. The van der Waals surface area contributed by atoms with Crippen LogP contribution in [0.5, 0.6) is 0 Å². The minimum absolute atomic E-state index is 0.0148. The molecule has 0 radical (unpaired) electrons. The largest absolute Gasteiger partial charge is 0.350 e. The number of piperidine rings is 1. The Hall–Kier alpha value is -0.940. The molecule has 1 N–H and O–H groups in total. The Kier molecular flexibility index (Phi) is 5.84. The lowest BCUT2D eigenvalue weighted by molar-refractivity contribution is -0.0468. The highest BCUT2D eigenvalue weighted by Gasteiger charge is 2.26. The monoisotopic (exact) mass is 304 g/mol. The molecule has 1 aromatic carbocycles. The van der Waals surface area contributed by atoms with Gasteiger partial charge in [-0.25, -0.2) is 0 Å². The maximum absolute atomic E-state index is 5.48. The minimum Gasteiger partial charge on any atom is -0.350 e. The van der Waals surface area contributed by atoms with Gasteiger partial charge in [-0.1, -0.05) is 37.3 Å². The van der Waals surface area contributed by atoms with E-state index in [-0.39, 0.29) is 6.29 Å². The molecule has 4 nitrogen and oxygen atoms in total. The van der Waals surface area contributed by atoms with Crippen molar-refractivity contribution >= 4 is 0 Å². The summed E-state index contributed by atoms with van der Waals surface area (Å²) < 4.78 is 11.0. The number of ether oxygens (including phenoxy) is 2. The maximum Gasteiger partial charge on any atom is 0.159 e. The molecular formula is C18H28N2O2. The molecular weight excluding hydrogens is 276 g/mol. The third-order valence-corrected chi connectivity index (χ3v) is 4.72. The molecule has 2 heterocycles. The molecule has 1 aromatic rings. The van der Waals surface area contributed by atoms with E-state index in [0.29, 0.717) is 12.0 Å². The van der Waals surface area contributed by atoms with Crippen LogP contribution in [0.3, 0.4) is 0 Å². The Morgan fingerprint density at radius 3 is 2.68 bits per heavy atom. The van der Waals surface area contributed by atoms with Crippen LogP contribution in [0.4, 0.5) is 0 Å². The van der Waals surface area contributed by atoms with Gasteiger partial charge in [0.05, 0.1) is 13.2 Å². The number of hydrogen-bond acceptors (Lipinski definition) is 4. The van der Waals surface area contributed by atoms with Crippen LogP contribution in [-0.4, -0.2) is 50.1 Å². The average Bonchev–Trinajstić information content (AvgIpc) is 3.04. The van der Waals surface area contributed by atoms with Crippen molar-refractivity contribution in [2.75, 3.05) is 32.8 Å². The SMILES string of the molecule is CC1CN(Cc2ccccc2)CCC1NCCC1OCCO1. The summed E-state index contributed by atoms with van der Waals surface area (Å²) in [5.74, 6) is 0.683. The first kappa shape index (κ1) is 15.9. The molecule has 0 aromatic heterocycles. The second-order valence-electron chi connectivity index (χ2n) is 6.51. The minimum atomic E-state index is 0.0148. The molecule has 0 spiro atoms. The summed E-state index contributed by atoms with van der Waals surface area (Å²) in [6.45, 7) is 8.26. The summed E-state index contributed by atoms with van der Waals surface area (Å²) in [7, 11) is 0. The van der Waals surface area contributed by atoms with Gasteiger partial charge in [0.15, 0.2) is 6.29 Å². The standard InChI is InChI=1S/C18H28N2O2/c1-15-13-20(14-16-5-3-2-4-6-16)10-8-17(15)19-9-7-18-21-11-12-22-18/h2-6,15,17-19H,7-14H2,1H3. The second-order valence-corrected chi connectivity index (χ2v) is 6.51. The third kappa shape index (κ3) is 4.53. The molecule has 22 heavy (non-hydrogen) atoms. The van der Waals surface area contributed by atoms with Crippen molar-refractivity contribution in [1.29, 1.82) is 0 Å². The Bertz CT molecular complexity index is 434. The first-order valence-electron chi connectivity index (χ1n) is 8.54. The topological polar surface area (TPSA) is 33.7 Å². The summed E-state index contributed by atoms with van der Waals surface area (Å²) in [6, 6.07) is 11.4. The van der Waals surface area contributed by atoms with E-state index in [1.54, 1.807) is 0 Å². The van der Waals surface area contributed by atoms with Gasteiger partial charge in [-0.2, -0.15) is 0 Å². The molecule has 0 amide bonds. The Labute approximate surface area is 133 Å². The molecule has 0 aliphatic carbocycles. The van der Waals surface area contributed by atoms with Gasteiger partial charge in [0.1, 0.15) is 0 Å². The lowest BCUT2D eigenvalue weighted by Crippen LogP contribution is -2.48. The van der Waals surface area contributed by atoms with Crippen LogP contribution in [0.15, 0.2) is 30.3 Å². The molecule has 0 bridgehead atoms. The zero-order valence-electron chi connectivity index (χ0n) is 13.5. The van der Waals surface area contributed by atoms with Gasteiger partial charge in [-0.3, -0.25) is 4.90 Å². The molecule has 0 saturated carbocycles. The molecule has 3 rings (SSSR count). The molecule has 2 unspecified atom stereocenters. The Balaban J connectivity index is 1.38. The molecule has 2 aliphatic rings. The molecule has 2 fully saturated rings. The van der Waals surface area contributed by atoms with Crippen LogP contribution in [-0.2, 0) is 16.0 Å². The van der Waals surface area contributed by atoms with Crippen molar-refractivity contribution < 1.29 is 9.47 Å². The van der Waals surface area contributed by atoms with E-state index in [1.807, 2.05) is 0 Å². The van der Waals surface area contributed by atoms with E-state index in [0.717, 1.165) is 32.7 Å². The number of benzene rings is 1. The predicted molar refractivity (Wildman–Crippen MR) is 87.6 cm³/mol. The van der Waals surface area contributed by atoms with E-state index in [4.69, 9.17) is 9.47 Å². The van der Waals surface area contributed by atoms with Crippen LogP contribution in [0.1, 0.15) is 25.3 Å². The summed E-state index contributed by atoms with van der Waals surface area (Å²) in [5.41, 5.74) is 1.41. The van der Waals surface area contributed by atoms with Crippen LogP contribution in [0.25, 0.3) is 0 Å². The number of rotatable bonds is 6. The normalized spacial score (nSPS) is 27.3. The van der Waals surface area contributed by atoms with Gasteiger partial charge in [-0.15, -0.1) is 0 Å². The fourth-order valence-corrected chi connectivity index (χ4v) is 3.48. The zero-order chi connectivity index (χ0) is 15.2.